The van der Waals surface area contributed by atoms with E-state index in [2.05, 4.69) is 17.6 Å². The lowest BCUT2D eigenvalue weighted by molar-refractivity contribution is -0.114. The summed E-state index contributed by atoms with van der Waals surface area (Å²) in [4.78, 5) is 24.0. The Labute approximate surface area is 153 Å². The van der Waals surface area contributed by atoms with Crippen molar-refractivity contribution >= 4 is 17.5 Å². The minimum absolute atomic E-state index is 0.0487. The van der Waals surface area contributed by atoms with Crippen LogP contribution in [0.4, 0.5) is 10.1 Å². The highest BCUT2D eigenvalue weighted by Gasteiger charge is 2.53. The molecule has 26 heavy (non-hydrogen) atoms. The van der Waals surface area contributed by atoms with Crippen LogP contribution in [-0.4, -0.2) is 17.9 Å². The molecule has 5 heteroatoms. The smallest absolute Gasteiger partial charge is 0.251 e. The Kier molecular flexibility index (Phi) is 4.28. The summed E-state index contributed by atoms with van der Waals surface area (Å²) in [5, 5.41) is 5.62. The zero-order chi connectivity index (χ0) is 18.5. The van der Waals surface area contributed by atoms with Gasteiger partial charge in [0, 0.05) is 18.5 Å². The maximum atomic E-state index is 13.8. The average molecular weight is 358 g/mol. The number of halogens is 1. The molecule has 1 atom stereocenters. The molecule has 4 nitrogen and oxygen atoms in total. The fourth-order valence-corrected chi connectivity index (χ4v) is 6.09. The lowest BCUT2D eigenvalue weighted by Gasteiger charge is -2.59. The Morgan fingerprint density at radius 1 is 1.12 bits per heavy atom. The van der Waals surface area contributed by atoms with Crippen molar-refractivity contribution in [1.29, 1.82) is 0 Å². The van der Waals surface area contributed by atoms with Gasteiger partial charge in [0.2, 0.25) is 5.91 Å². The van der Waals surface area contributed by atoms with Crippen molar-refractivity contribution in [2.75, 3.05) is 5.32 Å². The number of rotatable bonds is 4. The van der Waals surface area contributed by atoms with Crippen LogP contribution in [0.1, 0.15) is 62.7 Å². The summed E-state index contributed by atoms with van der Waals surface area (Å²) in [7, 11) is 0. The topological polar surface area (TPSA) is 58.2 Å². The summed E-state index contributed by atoms with van der Waals surface area (Å²) in [5.74, 6) is 1.41. The van der Waals surface area contributed by atoms with Gasteiger partial charge in [-0.05, 0) is 86.8 Å². The summed E-state index contributed by atoms with van der Waals surface area (Å²) in [6.45, 7) is 3.45. The van der Waals surface area contributed by atoms with Crippen LogP contribution < -0.4 is 10.6 Å². The normalized spacial score (nSPS) is 33.0. The van der Waals surface area contributed by atoms with Crippen molar-refractivity contribution in [2.45, 2.75) is 58.4 Å². The number of carbonyl (C=O) groups is 2. The Morgan fingerprint density at radius 2 is 1.69 bits per heavy atom. The first-order valence-electron chi connectivity index (χ1n) is 9.72. The average Bonchev–Trinajstić information content (AvgIpc) is 2.55. The van der Waals surface area contributed by atoms with E-state index in [0.717, 1.165) is 17.8 Å². The molecule has 4 fully saturated rings. The molecular weight excluding hydrogens is 331 g/mol. The van der Waals surface area contributed by atoms with Gasteiger partial charge < -0.3 is 10.6 Å². The van der Waals surface area contributed by atoms with Crippen LogP contribution in [-0.2, 0) is 4.79 Å². The van der Waals surface area contributed by atoms with Gasteiger partial charge in [-0.3, -0.25) is 9.59 Å². The van der Waals surface area contributed by atoms with E-state index in [1.807, 2.05) is 0 Å². The summed E-state index contributed by atoms with van der Waals surface area (Å²) in [6, 6.07) is 4.23. The first-order valence-corrected chi connectivity index (χ1v) is 9.72. The minimum Gasteiger partial charge on any atom is -0.349 e. The van der Waals surface area contributed by atoms with E-state index >= 15 is 0 Å². The molecular formula is C21H27FN2O2. The van der Waals surface area contributed by atoms with Crippen molar-refractivity contribution in [3.8, 4) is 0 Å². The number of nitrogens with one attached hydrogen (secondary N) is 2. The first-order chi connectivity index (χ1) is 12.3. The third kappa shape index (κ3) is 3.12. The largest absolute Gasteiger partial charge is 0.349 e. The molecule has 5 rings (SSSR count). The maximum Gasteiger partial charge on any atom is 0.251 e. The van der Waals surface area contributed by atoms with Gasteiger partial charge in [0.1, 0.15) is 5.82 Å². The Balaban J connectivity index is 1.49. The second-order valence-corrected chi connectivity index (χ2v) is 8.85. The van der Waals surface area contributed by atoms with Crippen molar-refractivity contribution in [3.63, 3.8) is 0 Å². The summed E-state index contributed by atoms with van der Waals surface area (Å²) in [5.41, 5.74) is 0.657. The summed E-state index contributed by atoms with van der Waals surface area (Å²) < 4.78 is 13.8. The highest BCUT2D eigenvalue weighted by atomic mass is 19.1. The SMILES string of the molecule is CC(=O)Nc1cc(C(=O)NC(C)C23CC4CC(CC(C4)C2)C3)ccc1F. The van der Waals surface area contributed by atoms with Gasteiger partial charge in [-0.2, -0.15) is 0 Å². The van der Waals surface area contributed by atoms with Crippen LogP contribution in [0.2, 0.25) is 0 Å². The zero-order valence-corrected chi connectivity index (χ0v) is 15.5. The van der Waals surface area contributed by atoms with E-state index in [0.29, 0.717) is 5.56 Å². The molecule has 0 aliphatic heterocycles. The predicted octanol–water partition coefficient (Wildman–Crippen LogP) is 4.12. The number of benzene rings is 1. The van der Waals surface area contributed by atoms with Crippen LogP contribution in [0.5, 0.6) is 0 Å². The first kappa shape index (κ1) is 17.5. The number of amides is 2. The number of carbonyl (C=O) groups excluding carboxylic acids is 2. The lowest BCUT2D eigenvalue weighted by atomic mass is 9.48. The summed E-state index contributed by atoms with van der Waals surface area (Å²) >= 11 is 0. The molecule has 1 aromatic carbocycles. The Morgan fingerprint density at radius 3 is 2.23 bits per heavy atom. The third-order valence-corrected chi connectivity index (χ3v) is 6.89. The van der Waals surface area contributed by atoms with Crippen molar-refractivity contribution < 1.29 is 14.0 Å². The Hall–Kier alpha value is -1.91. The summed E-state index contributed by atoms with van der Waals surface area (Å²) in [6.07, 6.45) is 7.79. The molecule has 4 bridgehead atoms. The highest BCUT2D eigenvalue weighted by molar-refractivity contribution is 5.97. The maximum absolute atomic E-state index is 13.8. The standard InChI is InChI=1S/C21H27FN2O2/c1-12(21-9-14-5-15(10-21)7-16(6-14)11-21)23-20(26)17-3-4-18(22)19(8-17)24-13(2)25/h3-4,8,12,14-16H,5-7,9-11H2,1-2H3,(H,23,26)(H,24,25). The second-order valence-electron chi connectivity index (χ2n) is 8.85. The van der Waals surface area contributed by atoms with E-state index in [-0.39, 0.29) is 29.0 Å². The van der Waals surface area contributed by atoms with Gasteiger partial charge in [0.25, 0.3) is 5.91 Å². The number of anilines is 1. The molecule has 0 saturated heterocycles. The van der Waals surface area contributed by atoms with Gasteiger partial charge in [0.05, 0.1) is 5.69 Å². The molecule has 0 radical (unpaired) electrons. The van der Waals surface area contributed by atoms with Gasteiger partial charge in [-0.1, -0.05) is 0 Å². The number of hydrogen-bond acceptors (Lipinski definition) is 2. The molecule has 0 spiro atoms. The van der Waals surface area contributed by atoms with E-state index < -0.39 is 5.82 Å². The molecule has 0 heterocycles. The lowest BCUT2D eigenvalue weighted by Crippen LogP contribution is -2.55. The molecule has 4 aliphatic carbocycles. The van der Waals surface area contributed by atoms with Gasteiger partial charge >= 0.3 is 0 Å². The van der Waals surface area contributed by atoms with Crippen molar-refractivity contribution in [1.82, 2.24) is 5.32 Å². The van der Waals surface area contributed by atoms with Crippen LogP contribution in [0.15, 0.2) is 18.2 Å². The molecule has 140 valence electrons. The zero-order valence-electron chi connectivity index (χ0n) is 15.5. The molecule has 2 amide bonds. The Bertz CT molecular complexity index is 710. The predicted molar refractivity (Wildman–Crippen MR) is 98.2 cm³/mol. The quantitative estimate of drug-likeness (QED) is 0.851. The monoisotopic (exact) mass is 358 g/mol. The fourth-order valence-electron chi connectivity index (χ4n) is 6.09. The molecule has 4 saturated carbocycles. The van der Waals surface area contributed by atoms with Gasteiger partial charge in [-0.15, -0.1) is 0 Å². The number of hydrogen-bond donors (Lipinski definition) is 2. The minimum atomic E-state index is -0.536. The van der Waals surface area contributed by atoms with Crippen LogP contribution in [0, 0.1) is 29.0 Å². The van der Waals surface area contributed by atoms with Gasteiger partial charge in [0.15, 0.2) is 0 Å². The van der Waals surface area contributed by atoms with Crippen molar-refractivity contribution in [2.24, 2.45) is 23.2 Å². The molecule has 4 aliphatic rings. The molecule has 1 aromatic rings. The second kappa shape index (κ2) is 6.36. The molecule has 1 unspecified atom stereocenters. The van der Waals surface area contributed by atoms with Crippen molar-refractivity contribution in [3.05, 3.63) is 29.6 Å². The fraction of sp³-hybridized carbons (Fsp3) is 0.619. The van der Waals surface area contributed by atoms with E-state index in [1.165, 1.54) is 63.6 Å². The van der Waals surface area contributed by atoms with Gasteiger partial charge in [-0.25, -0.2) is 4.39 Å². The van der Waals surface area contributed by atoms with Crippen LogP contribution in [0.3, 0.4) is 0 Å². The molecule has 2 N–H and O–H groups in total. The van der Waals surface area contributed by atoms with E-state index in [1.54, 1.807) is 0 Å². The van der Waals surface area contributed by atoms with E-state index in [4.69, 9.17) is 0 Å². The highest BCUT2D eigenvalue weighted by Crippen LogP contribution is 2.61. The third-order valence-electron chi connectivity index (χ3n) is 6.89. The van der Waals surface area contributed by atoms with E-state index in [9.17, 15) is 14.0 Å². The molecule has 0 aromatic heterocycles. The van der Waals surface area contributed by atoms with Crippen LogP contribution >= 0.6 is 0 Å². The van der Waals surface area contributed by atoms with Crippen LogP contribution in [0.25, 0.3) is 0 Å².